The Morgan fingerprint density at radius 3 is 2.95 bits per heavy atom. The lowest BCUT2D eigenvalue weighted by atomic mass is 9.79. The highest BCUT2D eigenvalue weighted by molar-refractivity contribution is 5.87. The molecule has 1 saturated heterocycles. The second-order valence-electron chi connectivity index (χ2n) is 6.53. The van der Waals surface area contributed by atoms with Gasteiger partial charge in [0.05, 0.1) is 12.2 Å². The lowest BCUT2D eigenvalue weighted by Crippen LogP contribution is -2.34. The summed E-state index contributed by atoms with van der Waals surface area (Å²) in [6, 6.07) is 0. The fourth-order valence-corrected chi connectivity index (χ4v) is 4.86. The van der Waals surface area contributed by atoms with Gasteiger partial charge in [-0.05, 0) is 42.9 Å². The van der Waals surface area contributed by atoms with Crippen LogP contribution in [0.5, 0.6) is 0 Å². The zero-order valence-corrected chi connectivity index (χ0v) is 11.0. The van der Waals surface area contributed by atoms with Crippen LogP contribution in [0.2, 0.25) is 0 Å². The van der Waals surface area contributed by atoms with Gasteiger partial charge in [-0.1, -0.05) is 6.58 Å². The van der Waals surface area contributed by atoms with E-state index in [1.807, 2.05) is 0 Å². The molecule has 0 aromatic rings. The van der Waals surface area contributed by atoms with Crippen LogP contribution in [0.1, 0.15) is 25.7 Å². The Bertz CT molecular complexity index is 432. The summed E-state index contributed by atoms with van der Waals surface area (Å²) in [6.07, 6.45) is 4.79. The average Bonchev–Trinajstić information content (AvgIpc) is 2.75. The Balaban J connectivity index is 1.40. The summed E-state index contributed by atoms with van der Waals surface area (Å²) in [5.74, 6) is 2.37. The maximum absolute atomic E-state index is 11.9. The third-order valence-electron chi connectivity index (χ3n) is 5.64. The van der Waals surface area contributed by atoms with Gasteiger partial charge < -0.3 is 14.6 Å². The SMILES string of the molecule is C=C(CCO)C(=O)OC1CC2CC1C1CC3OC3C21. The molecule has 1 N–H and O–H groups in total. The normalized spacial score (nSPS) is 48.8. The van der Waals surface area contributed by atoms with E-state index in [1.165, 1.54) is 12.8 Å². The van der Waals surface area contributed by atoms with Gasteiger partial charge in [0.1, 0.15) is 6.10 Å². The van der Waals surface area contributed by atoms with Crippen molar-refractivity contribution in [3.63, 3.8) is 0 Å². The molecule has 4 fully saturated rings. The van der Waals surface area contributed by atoms with Gasteiger partial charge in [-0.15, -0.1) is 0 Å². The Labute approximate surface area is 112 Å². The molecule has 4 heteroatoms. The minimum Gasteiger partial charge on any atom is -0.459 e. The van der Waals surface area contributed by atoms with Crippen molar-refractivity contribution in [2.45, 2.75) is 44.0 Å². The quantitative estimate of drug-likeness (QED) is 0.472. The molecule has 7 atom stereocenters. The second-order valence-corrected chi connectivity index (χ2v) is 6.53. The van der Waals surface area contributed by atoms with E-state index in [2.05, 4.69) is 6.58 Å². The summed E-state index contributed by atoms with van der Waals surface area (Å²) in [7, 11) is 0. The molecular formula is C15H20O4. The molecule has 1 heterocycles. The van der Waals surface area contributed by atoms with Gasteiger partial charge in [-0.3, -0.25) is 0 Å². The number of aliphatic hydroxyl groups is 1. The van der Waals surface area contributed by atoms with Gasteiger partial charge in [0.15, 0.2) is 0 Å². The molecule has 4 aliphatic rings. The van der Waals surface area contributed by atoms with Crippen LogP contribution in [0.15, 0.2) is 12.2 Å². The van der Waals surface area contributed by atoms with Crippen LogP contribution >= 0.6 is 0 Å². The van der Waals surface area contributed by atoms with Gasteiger partial charge in [0.25, 0.3) is 0 Å². The highest BCUT2D eigenvalue weighted by Crippen LogP contribution is 2.64. The summed E-state index contributed by atoms with van der Waals surface area (Å²) in [6.45, 7) is 3.63. The minimum atomic E-state index is -0.317. The smallest absolute Gasteiger partial charge is 0.333 e. The summed E-state index contributed by atoms with van der Waals surface area (Å²) in [5.41, 5.74) is 0.388. The lowest BCUT2D eigenvalue weighted by molar-refractivity contribution is -0.149. The third-order valence-corrected chi connectivity index (χ3v) is 5.64. The highest BCUT2D eigenvalue weighted by atomic mass is 16.6. The molecule has 0 spiro atoms. The first-order chi connectivity index (χ1) is 9.19. The van der Waals surface area contributed by atoms with E-state index < -0.39 is 0 Å². The predicted molar refractivity (Wildman–Crippen MR) is 67.2 cm³/mol. The molecule has 3 aliphatic carbocycles. The molecule has 2 bridgehead atoms. The number of ether oxygens (including phenoxy) is 2. The monoisotopic (exact) mass is 264 g/mol. The van der Waals surface area contributed by atoms with Gasteiger partial charge in [0, 0.05) is 18.6 Å². The van der Waals surface area contributed by atoms with Crippen LogP contribution in [0.25, 0.3) is 0 Å². The molecule has 19 heavy (non-hydrogen) atoms. The van der Waals surface area contributed by atoms with Crippen LogP contribution in [0, 0.1) is 23.7 Å². The van der Waals surface area contributed by atoms with Crippen LogP contribution in [0.3, 0.4) is 0 Å². The second kappa shape index (κ2) is 4.06. The number of carbonyl (C=O) groups excluding carboxylic acids is 1. The first-order valence-corrected chi connectivity index (χ1v) is 7.34. The molecule has 0 radical (unpaired) electrons. The zero-order valence-electron chi connectivity index (χ0n) is 11.0. The summed E-state index contributed by atoms with van der Waals surface area (Å²) in [5, 5.41) is 8.83. The first kappa shape index (κ1) is 11.9. The summed E-state index contributed by atoms with van der Waals surface area (Å²) < 4.78 is 11.3. The predicted octanol–water partition coefficient (Wildman–Crippen LogP) is 1.28. The van der Waals surface area contributed by atoms with Crippen molar-refractivity contribution in [1.82, 2.24) is 0 Å². The van der Waals surface area contributed by atoms with Gasteiger partial charge in [-0.2, -0.15) is 0 Å². The van der Waals surface area contributed by atoms with Crippen molar-refractivity contribution >= 4 is 5.97 Å². The fourth-order valence-electron chi connectivity index (χ4n) is 4.86. The average molecular weight is 264 g/mol. The Morgan fingerprint density at radius 1 is 1.32 bits per heavy atom. The topological polar surface area (TPSA) is 59.1 Å². The maximum atomic E-state index is 11.9. The van der Waals surface area contributed by atoms with Gasteiger partial charge in [0.2, 0.25) is 0 Å². The molecule has 0 amide bonds. The van der Waals surface area contributed by atoms with E-state index in [-0.39, 0.29) is 18.7 Å². The van der Waals surface area contributed by atoms with Crippen LogP contribution in [-0.4, -0.2) is 36.0 Å². The molecular weight excluding hydrogens is 244 g/mol. The lowest BCUT2D eigenvalue weighted by Gasteiger charge is -2.32. The van der Waals surface area contributed by atoms with E-state index in [9.17, 15) is 4.79 Å². The summed E-state index contributed by atoms with van der Waals surface area (Å²) >= 11 is 0. The van der Waals surface area contributed by atoms with Crippen LogP contribution in [-0.2, 0) is 14.3 Å². The van der Waals surface area contributed by atoms with Crippen molar-refractivity contribution in [3.05, 3.63) is 12.2 Å². The van der Waals surface area contributed by atoms with E-state index in [1.54, 1.807) is 0 Å². The summed E-state index contributed by atoms with van der Waals surface area (Å²) in [4.78, 5) is 11.9. The molecule has 0 aromatic carbocycles. The van der Waals surface area contributed by atoms with Crippen molar-refractivity contribution < 1.29 is 19.4 Å². The molecule has 4 nitrogen and oxygen atoms in total. The number of rotatable bonds is 4. The van der Waals surface area contributed by atoms with Crippen molar-refractivity contribution in [2.24, 2.45) is 23.7 Å². The minimum absolute atomic E-state index is 0.0456. The number of fused-ring (bicyclic) bond motifs is 7. The molecule has 104 valence electrons. The zero-order chi connectivity index (χ0) is 13.1. The van der Waals surface area contributed by atoms with Crippen molar-refractivity contribution in [1.29, 1.82) is 0 Å². The van der Waals surface area contributed by atoms with Gasteiger partial charge in [-0.25, -0.2) is 4.79 Å². The number of carbonyl (C=O) groups is 1. The maximum Gasteiger partial charge on any atom is 0.333 e. The third kappa shape index (κ3) is 1.69. The number of hydrogen-bond donors (Lipinski definition) is 1. The Morgan fingerprint density at radius 2 is 2.16 bits per heavy atom. The van der Waals surface area contributed by atoms with E-state index in [0.29, 0.717) is 42.0 Å². The molecule has 1 aliphatic heterocycles. The Hall–Kier alpha value is -0.870. The first-order valence-electron chi connectivity index (χ1n) is 7.34. The molecule has 7 unspecified atom stereocenters. The van der Waals surface area contributed by atoms with Crippen molar-refractivity contribution in [3.8, 4) is 0 Å². The largest absolute Gasteiger partial charge is 0.459 e. The van der Waals surface area contributed by atoms with Gasteiger partial charge >= 0.3 is 5.97 Å². The number of esters is 1. The number of hydrogen-bond acceptors (Lipinski definition) is 4. The van der Waals surface area contributed by atoms with Crippen LogP contribution < -0.4 is 0 Å². The van der Waals surface area contributed by atoms with Crippen molar-refractivity contribution in [2.75, 3.05) is 6.61 Å². The Kier molecular flexibility index (Phi) is 2.55. The number of aliphatic hydroxyl groups excluding tert-OH is 1. The van der Waals surface area contributed by atoms with E-state index >= 15 is 0 Å². The number of epoxide rings is 1. The highest BCUT2D eigenvalue weighted by Gasteiger charge is 2.67. The van der Waals surface area contributed by atoms with E-state index in [0.717, 1.165) is 12.3 Å². The molecule has 4 rings (SSSR count). The fraction of sp³-hybridized carbons (Fsp3) is 0.800. The molecule has 0 aromatic heterocycles. The van der Waals surface area contributed by atoms with Crippen LogP contribution in [0.4, 0.5) is 0 Å². The standard InChI is InChI=1S/C15H20O4/c1-7(2-3-16)15(17)19-11-5-8-4-9(11)10-6-12-14(18-12)13(8)10/h8-14,16H,1-6H2. The van der Waals surface area contributed by atoms with E-state index in [4.69, 9.17) is 14.6 Å². The molecule has 3 saturated carbocycles.